The second-order valence-electron chi connectivity index (χ2n) is 16.0. The van der Waals surface area contributed by atoms with E-state index in [1.807, 2.05) is 23.0 Å². The van der Waals surface area contributed by atoms with Crippen LogP contribution in [0.25, 0.3) is 16.6 Å². The molecule has 1 unspecified atom stereocenters. The van der Waals surface area contributed by atoms with Gasteiger partial charge in [-0.15, -0.1) is 0 Å². The highest BCUT2D eigenvalue weighted by Crippen LogP contribution is 2.39. The van der Waals surface area contributed by atoms with Crippen LogP contribution in [0.3, 0.4) is 0 Å². The third-order valence-corrected chi connectivity index (χ3v) is 11.9. The summed E-state index contributed by atoms with van der Waals surface area (Å²) in [5.41, 5.74) is 1.42. The number of aromatic nitrogens is 5. The van der Waals surface area contributed by atoms with Crippen LogP contribution in [-0.4, -0.2) is 109 Å². The van der Waals surface area contributed by atoms with Crippen LogP contribution in [0.1, 0.15) is 70.8 Å². The minimum atomic E-state index is -1.50. The first-order valence-corrected chi connectivity index (χ1v) is 19.5. The number of hydrogen-bond acceptors (Lipinski definition) is 10. The molecule has 0 spiro atoms. The summed E-state index contributed by atoms with van der Waals surface area (Å²) in [5, 5.41) is 15.3. The van der Waals surface area contributed by atoms with Gasteiger partial charge in [-0.2, -0.15) is 10.2 Å². The van der Waals surface area contributed by atoms with E-state index in [1.165, 1.54) is 17.2 Å². The lowest BCUT2D eigenvalue weighted by atomic mass is 9.92. The topological polar surface area (TPSA) is 159 Å². The molecule has 1 aliphatic carbocycles. The van der Waals surface area contributed by atoms with Crippen LogP contribution >= 0.6 is 0 Å². The number of halogens is 2. The maximum Gasteiger partial charge on any atom is 0.261 e. The van der Waals surface area contributed by atoms with Crippen molar-refractivity contribution in [3.8, 4) is 5.75 Å². The number of carbonyl (C=O) groups excluding carboxylic acids is 4. The molecule has 1 saturated carbocycles. The predicted molar refractivity (Wildman–Crippen MR) is 202 cm³/mol. The zero-order valence-electron chi connectivity index (χ0n) is 31.0. The molecule has 5 aromatic rings. The normalized spacial score (nSPS) is 21.2. The monoisotopic (exact) mass is 778 g/mol. The van der Waals surface area contributed by atoms with Crippen LogP contribution in [0.2, 0.25) is 0 Å². The minimum Gasteiger partial charge on any atom is -0.491 e. The number of ether oxygens (including phenoxy) is 1. The van der Waals surface area contributed by atoms with E-state index in [-0.39, 0.29) is 68.0 Å². The van der Waals surface area contributed by atoms with Crippen LogP contribution in [0.5, 0.6) is 5.75 Å². The number of anilines is 2. The fourth-order valence-corrected chi connectivity index (χ4v) is 8.59. The molecule has 5 aliphatic rings. The second kappa shape index (κ2) is 13.6. The van der Waals surface area contributed by atoms with Gasteiger partial charge >= 0.3 is 0 Å². The van der Waals surface area contributed by atoms with Crippen molar-refractivity contribution in [1.82, 2.24) is 39.5 Å². The Bertz CT molecular complexity index is 2470. The van der Waals surface area contributed by atoms with Gasteiger partial charge in [0, 0.05) is 72.9 Å². The average Bonchev–Trinajstić information content (AvgIpc) is 3.61. The van der Waals surface area contributed by atoms with Crippen molar-refractivity contribution >= 4 is 51.6 Å². The third-order valence-electron chi connectivity index (χ3n) is 11.9. The van der Waals surface area contributed by atoms with E-state index >= 15 is 8.78 Å². The molecule has 2 N–H and O–H groups in total. The number of benzene rings is 2. The van der Waals surface area contributed by atoms with Gasteiger partial charge in [0.25, 0.3) is 11.8 Å². The predicted octanol–water partition coefficient (Wildman–Crippen LogP) is 3.89. The van der Waals surface area contributed by atoms with Crippen LogP contribution in [0, 0.1) is 11.7 Å². The summed E-state index contributed by atoms with van der Waals surface area (Å²) in [7, 11) is 0. The molecule has 1 atom stereocenters. The number of carbonyl (C=O) groups is 4. The van der Waals surface area contributed by atoms with E-state index in [2.05, 4.69) is 25.6 Å². The molecule has 0 radical (unpaired) electrons. The lowest BCUT2D eigenvalue weighted by Gasteiger charge is -2.48. The van der Waals surface area contributed by atoms with E-state index in [9.17, 15) is 19.2 Å². The number of rotatable bonds is 10. The zero-order valence-corrected chi connectivity index (χ0v) is 31.0. The molecule has 57 heavy (non-hydrogen) atoms. The summed E-state index contributed by atoms with van der Waals surface area (Å²) in [6.07, 6.45) is 10.9. The number of fused-ring (bicyclic) bond motifs is 3. The first-order chi connectivity index (χ1) is 27.6. The van der Waals surface area contributed by atoms with Gasteiger partial charge in [-0.25, -0.2) is 18.3 Å². The Morgan fingerprint density at radius 2 is 1.88 bits per heavy atom. The standard InChI is InChI=1S/C40H40F2N10O5/c41-30-14-26(13-27-29(30)18-50(39(27)56)33-4-5-35(53)46-38(33)55)49-21-40(42,22-49)20-48-10-6-25(7-11-48)52-17-24-12-32(34(15-31(24)47-52)57-19-23-2-3-23)45-37(54)28-16-44-51-9-1-8-43-36(28)51/h1,8-9,12-17,23,25,33H,2-7,10-11,18-22H2,(H,45,54)(H,46,53,55). The fraction of sp³-hybridized carbons (Fsp3) is 0.425. The van der Waals surface area contributed by atoms with Crippen molar-refractivity contribution < 1.29 is 32.7 Å². The molecule has 294 valence electrons. The largest absolute Gasteiger partial charge is 0.491 e. The Labute approximate surface area is 324 Å². The number of nitrogens with zero attached hydrogens (tertiary/aromatic N) is 8. The first-order valence-electron chi connectivity index (χ1n) is 19.5. The van der Waals surface area contributed by atoms with Gasteiger partial charge in [-0.1, -0.05) is 0 Å². The molecule has 0 bridgehead atoms. The number of imide groups is 1. The molecule has 17 heteroatoms. The molecule has 4 aliphatic heterocycles. The number of nitrogens with one attached hydrogen (secondary N) is 2. The maximum absolute atomic E-state index is 16.1. The van der Waals surface area contributed by atoms with Gasteiger partial charge in [-0.05, 0) is 62.3 Å². The van der Waals surface area contributed by atoms with E-state index < -0.39 is 29.3 Å². The Hall–Kier alpha value is -5.97. The maximum atomic E-state index is 16.1. The quantitative estimate of drug-likeness (QED) is 0.199. The molecule has 3 saturated heterocycles. The highest BCUT2D eigenvalue weighted by molar-refractivity contribution is 6.09. The minimum absolute atomic E-state index is 0.0534. The Kier molecular flexibility index (Phi) is 8.46. The van der Waals surface area contributed by atoms with E-state index in [4.69, 9.17) is 9.84 Å². The van der Waals surface area contributed by atoms with Crippen molar-refractivity contribution in [3.63, 3.8) is 0 Å². The van der Waals surface area contributed by atoms with Gasteiger partial charge in [0.1, 0.15) is 23.2 Å². The molecule has 2 aromatic carbocycles. The molecule has 10 rings (SSSR count). The number of alkyl halides is 1. The van der Waals surface area contributed by atoms with Crippen LogP contribution in [0.4, 0.5) is 20.2 Å². The van der Waals surface area contributed by atoms with Gasteiger partial charge in [0.15, 0.2) is 11.3 Å². The average molecular weight is 779 g/mol. The number of amides is 4. The number of likely N-dealkylation sites (tertiary alicyclic amines) is 1. The number of hydrogen-bond donors (Lipinski definition) is 2. The summed E-state index contributed by atoms with van der Waals surface area (Å²) in [6.45, 7) is 2.24. The Morgan fingerprint density at radius 1 is 1.05 bits per heavy atom. The summed E-state index contributed by atoms with van der Waals surface area (Å²) in [5.74, 6) is -1.26. The highest BCUT2D eigenvalue weighted by Gasteiger charge is 2.47. The lowest BCUT2D eigenvalue weighted by Crippen LogP contribution is -2.64. The fourth-order valence-electron chi connectivity index (χ4n) is 8.59. The van der Waals surface area contributed by atoms with Gasteiger partial charge in [0.2, 0.25) is 11.8 Å². The van der Waals surface area contributed by atoms with Gasteiger partial charge < -0.3 is 19.9 Å². The molecule has 15 nitrogen and oxygen atoms in total. The smallest absolute Gasteiger partial charge is 0.261 e. The molecule has 4 fully saturated rings. The third kappa shape index (κ3) is 6.62. The summed E-state index contributed by atoms with van der Waals surface area (Å²) < 4.78 is 41.1. The second-order valence-corrected chi connectivity index (χ2v) is 16.0. The van der Waals surface area contributed by atoms with Crippen molar-refractivity contribution in [2.45, 2.75) is 62.8 Å². The van der Waals surface area contributed by atoms with E-state index in [1.54, 1.807) is 33.9 Å². The molecular weight excluding hydrogens is 739 g/mol. The van der Waals surface area contributed by atoms with Crippen molar-refractivity contribution in [2.24, 2.45) is 5.92 Å². The van der Waals surface area contributed by atoms with Crippen LogP contribution in [0.15, 0.2) is 55.1 Å². The highest BCUT2D eigenvalue weighted by atomic mass is 19.1. The summed E-state index contributed by atoms with van der Waals surface area (Å²) in [4.78, 5) is 60.2. The molecule has 4 amide bonds. The first kappa shape index (κ1) is 35.4. The van der Waals surface area contributed by atoms with E-state index in [0.717, 1.165) is 36.6 Å². The SMILES string of the molecule is O=C1CCC(N2Cc3c(F)cc(N4CC(F)(CN5CCC(n6cc7cc(NC(=O)c8cnn9cccnc89)c(OCC8CC8)cc7n6)CC5)C4)cc3C2=O)C(=O)N1. The number of piperidine rings is 2. The zero-order chi connectivity index (χ0) is 39.0. The van der Waals surface area contributed by atoms with Crippen LogP contribution < -0.4 is 20.3 Å². The van der Waals surface area contributed by atoms with Crippen molar-refractivity contribution in [3.05, 3.63) is 77.6 Å². The Balaban J connectivity index is 0.772. The summed E-state index contributed by atoms with van der Waals surface area (Å²) in [6, 6.07) is 7.69. The van der Waals surface area contributed by atoms with Crippen molar-refractivity contribution in [1.29, 1.82) is 0 Å². The summed E-state index contributed by atoms with van der Waals surface area (Å²) >= 11 is 0. The molecule has 3 aromatic heterocycles. The van der Waals surface area contributed by atoms with E-state index in [0.29, 0.717) is 53.9 Å². The Morgan fingerprint density at radius 3 is 2.67 bits per heavy atom. The van der Waals surface area contributed by atoms with Crippen LogP contribution in [-0.2, 0) is 16.1 Å². The van der Waals surface area contributed by atoms with Gasteiger partial charge in [0.05, 0.1) is 49.7 Å². The van der Waals surface area contributed by atoms with Crippen molar-refractivity contribution in [2.75, 3.05) is 49.5 Å². The molecular formula is C40H40F2N10O5. The lowest BCUT2D eigenvalue weighted by molar-refractivity contribution is -0.136. The van der Waals surface area contributed by atoms with Gasteiger partial charge in [-0.3, -0.25) is 34.1 Å². The molecule has 7 heterocycles.